The summed E-state index contributed by atoms with van der Waals surface area (Å²) < 4.78 is 0. The third-order valence-corrected chi connectivity index (χ3v) is 3.63. The number of carbonyl (C=O) groups excluding carboxylic acids is 1. The maximum Gasteiger partial charge on any atom is 0.223 e. The van der Waals surface area contributed by atoms with Gasteiger partial charge in [-0.2, -0.15) is 0 Å². The largest absolute Gasteiger partial charge is 0.336 e. The van der Waals surface area contributed by atoms with Crippen molar-refractivity contribution in [1.29, 1.82) is 0 Å². The SMILES string of the molecule is C=C(C)C[C@@H]1CC(=O)N([C@@H](C)c2ccccc2)C1. The minimum atomic E-state index is 0.175. The molecule has 0 aromatic heterocycles. The number of carbonyl (C=O) groups is 1. The molecule has 2 nitrogen and oxygen atoms in total. The number of hydrogen-bond donors (Lipinski definition) is 0. The lowest BCUT2D eigenvalue weighted by atomic mass is 10.0. The summed E-state index contributed by atoms with van der Waals surface area (Å²) in [5, 5.41) is 0. The first-order valence-electron chi connectivity index (χ1n) is 6.56. The summed E-state index contributed by atoms with van der Waals surface area (Å²) in [6.45, 7) is 8.95. The van der Waals surface area contributed by atoms with Gasteiger partial charge in [0.2, 0.25) is 5.91 Å². The zero-order valence-corrected chi connectivity index (χ0v) is 11.2. The average molecular weight is 243 g/mol. The van der Waals surface area contributed by atoms with Gasteiger partial charge in [0.1, 0.15) is 0 Å². The standard InChI is InChI=1S/C16H21NO/c1-12(2)9-14-10-16(18)17(11-14)13(3)15-7-5-4-6-8-15/h4-8,13-14H,1,9-11H2,2-3H3/t13-,14+/m0/s1. The van der Waals surface area contributed by atoms with Crippen molar-refractivity contribution < 1.29 is 4.79 Å². The van der Waals surface area contributed by atoms with E-state index in [1.165, 1.54) is 11.1 Å². The van der Waals surface area contributed by atoms with Crippen molar-refractivity contribution in [1.82, 2.24) is 4.90 Å². The number of nitrogens with zero attached hydrogens (tertiary/aromatic N) is 1. The smallest absolute Gasteiger partial charge is 0.223 e. The number of amides is 1. The Morgan fingerprint density at radius 2 is 2.11 bits per heavy atom. The molecule has 0 saturated carbocycles. The van der Waals surface area contributed by atoms with Crippen LogP contribution < -0.4 is 0 Å². The van der Waals surface area contributed by atoms with Gasteiger partial charge >= 0.3 is 0 Å². The summed E-state index contributed by atoms with van der Waals surface area (Å²) in [5.74, 6) is 0.721. The molecular formula is C16H21NO. The van der Waals surface area contributed by atoms with E-state index in [1.807, 2.05) is 30.0 Å². The first kappa shape index (κ1) is 12.9. The Morgan fingerprint density at radius 3 is 2.72 bits per heavy atom. The Kier molecular flexibility index (Phi) is 3.85. The van der Waals surface area contributed by atoms with Gasteiger partial charge in [0.15, 0.2) is 0 Å². The lowest BCUT2D eigenvalue weighted by molar-refractivity contribution is -0.129. The number of allylic oxidation sites excluding steroid dienone is 1. The second-order valence-corrected chi connectivity index (χ2v) is 5.36. The van der Waals surface area contributed by atoms with Crippen LogP contribution in [0.5, 0.6) is 0 Å². The molecular weight excluding hydrogens is 222 g/mol. The zero-order chi connectivity index (χ0) is 13.1. The maximum atomic E-state index is 12.1. The molecule has 0 spiro atoms. The van der Waals surface area contributed by atoms with Crippen LogP contribution in [0.15, 0.2) is 42.5 Å². The van der Waals surface area contributed by atoms with Crippen LogP contribution >= 0.6 is 0 Å². The molecule has 0 unspecified atom stereocenters. The Hall–Kier alpha value is -1.57. The predicted octanol–water partition coefficient (Wildman–Crippen LogP) is 3.56. The van der Waals surface area contributed by atoms with Crippen molar-refractivity contribution >= 4 is 5.91 Å². The van der Waals surface area contributed by atoms with Gasteiger partial charge in [-0.05, 0) is 31.7 Å². The van der Waals surface area contributed by atoms with Crippen LogP contribution in [0.3, 0.4) is 0 Å². The van der Waals surface area contributed by atoms with E-state index in [0.29, 0.717) is 12.3 Å². The van der Waals surface area contributed by atoms with Crippen molar-refractivity contribution in [2.24, 2.45) is 5.92 Å². The molecule has 2 heteroatoms. The van der Waals surface area contributed by atoms with Crippen LogP contribution in [0.25, 0.3) is 0 Å². The second kappa shape index (κ2) is 5.38. The normalized spacial score (nSPS) is 21.1. The van der Waals surface area contributed by atoms with Gasteiger partial charge < -0.3 is 4.90 Å². The van der Waals surface area contributed by atoms with Crippen molar-refractivity contribution in [3.8, 4) is 0 Å². The summed E-state index contributed by atoms with van der Waals surface area (Å²) in [4.78, 5) is 14.1. The molecule has 1 heterocycles. The molecule has 2 rings (SSSR count). The zero-order valence-electron chi connectivity index (χ0n) is 11.2. The minimum absolute atomic E-state index is 0.175. The van der Waals surface area contributed by atoms with Crippen LogP contribution in [-0.2, 0) is 4.79 Å². The summed E-state index contributed by atoms with van der Waals surface area (Å²) >= 11 is 0. The topological polar surface area (TPSA) is 20.3 Å². The molecule has 0 radical (unpaired) electrons. The van der Waals surface area contributed by atoms with Crippen LogP contribution in [0, 0.1) is 5.92 Å². The molecule has 18 heavy (non-hydrogen) atoms. The van der Waals surface area contributed by atoms with E-state index in [2.05, 4.69) is 25.6 Å². The molecule has 0 bridgehead atoms. The van der Waals surface area contributed by atoms with Crippen LogP contribution in [0.1, 0.15) is 38.3 Å². The van der Waals surface area contributed by atoms with Crippen molar-refractivity contribution in [2.45, 2.75) is 32.7 Å². The Balaban J connectivity index is 2.06. The van der Waals surface area contributed by atoms with Gasteiger partial charge in [-0.1, -0.05) is 35.9 Å². The molecule has 1 saturated heterocycles. The van der Waals surface area contributed by atoms with Gasteiger partial charge in [0.25, 0.3) is 0 Å². The highest BCUT2D eigenvalue weighted by Crippen LogP contribution is 2.30. The van der Waals surface area contributed by atoms with E-state index in [9.17, 15) is 4.79 Å². The van der Waals surface area contributed by atoms with Gasteiger partial charge in [0, 0.05) is 13.0 Å². The molecule has 1 amide bonds. The fourth-order valence-electron chi connectivity index (χ4n) is 2.72. The van der Waals surface area contributed by atoms with E-state index in [-0.39, 0.29) is 11.9 Å². The van der Waals surface area contributed by atoms with Crippen LogP contribution in [0.4, 0.5) is 0 Å². The summed E-state index contributed by atoms with van der Waals surface area (Å²) in [7, 11) is 0. The molecule has 1 aromatic rings. The average Bonchev–Trinajstić information content (AvgIpc) is 2.69. The summed E-state index contributed by atoms with van der Waals surface area (Å²) in [5.41, 5.74) is 2.38. The fourth-order valence-corrected chi connectivity index (χ4v) is 2.72. The van der Waals surface area contributed by atoms with E-state index in [4.69, 9.17) is 0 Å². The molecule has 96 valence electrons. The number of benzene rings is 1. The molecule has 1 aliphatic rings. The van der Waals surface area contributed by atoms with Gasteiger partial charge in [-0.15, -0.1) is 6.58 Å². The molecule has 2 atom stereocenters. The highest BCUT2D eigenvalue weighted by atomic mass is 16.2. The first-order valence-corrected chi connectivity index (χ1v) is 6.56. The molecule has 1 aliphatic heterocycles. The Bertz CT molecular complexity index is 438. The monoisotopic (exact) mass is 243 g/mol. The number of hydrogen-bond acceptors (Lipinski definition) is 1. The quantitative estimate of drug-likeness (QED) is 0.740. The van der Waals surface area contributed by atoms with E-state index >= 15 is 0 Å². The number of likely N-dealkylation sites (tertiary alicyclic amines) is 1. The molecule has 0 aliphatic carbocycles. The highest BCUT2D eigenvalue weighted by molar-refractivity contribution is 5.79. The first-order chi connectivity index (χ1) is 8.58. The fraction of sp³-hybridized carbons (Fsp3) is 0.438. The van der Waals surface area contributed by atoms with E-state index in [0.717, 1.165) is 13.0 Å². The summed E-state index contributed by atoms with van der Waals surface area (Å²) in [6.07, 6.45) is 1.63. The van der Waals surface area contributed by atoms with E-state index < -0.39 is 0 Å². The Morgan fingerprint density at radius 1 is 1.44 bits per heavy atom. The molecule has 1 fully saturated rings. The minimum Gasteiger partial charge on any atom is -0.336 e. The molecule has 0 N–H and O–H groups in total. The predicted molar refractivity (Wildman–Crippen MR) is 74.1 cm³/mol. The number of rotatable bonds is 4. The second-order valence-electron chi connectivity index (χ2n) is 5.36. The summed E-state index contributed by atoms with van der Waals surface area (Å²) in [6, 6.07) is 10.4. The third kappa shape index (κ3) is 2.81. The Labute approximate surface area is 109 Å². The highest BCUT2D eigenvalue weighted by Gasteiger charge is 2.32. The third-order valence-electron chi connectivity index (χ3n) is 3.63. The molecule has 1 aromatic carbocycles. The lowest BCUT2D eigenvalue weighted by Crippen LogP contribution is -2.28. The van der Waals surface area contributed by atoms with Crippen LogP contribution in [-0.4, -0.2) is 17.4 Å². The van der Waals surface area contributed by atoms with E-state index in [1.54, 1.807) is 0 Å². The lowest BCUT2D eigenvalue weighted by Gasteiger charge is -2.25. The van der Waals surface area contributed by atoms with Gasteiger partial charge in [0.05, 0.1) is 6.04 Å². The van der Waals surface area contributed by atoms with Crippen LogP contribution in [0.2, 0.25) is 0 Å². The van der Waals surface area contributed by atoms with Crippen molar-refractivity contribution in [2.75, 3.05) is 6.54 Å². The van der Waals surface area contributed by atoms with Gasteiger partial charge in [-0.25, -0.2) is 0 Å². The van der Waals surface area contributed by atoms with Gasteiger partial charge in [-0.3, -0.25) is 4.79 Å². The van der Waals surface area contributed by atoms with Crippen molar-refractivity contribution in [3.05, 3.63) is 48.0 Å². The maximum absolute atomic E-state index is 12.1. The van der Waals surface area contributed by atoms with Crippen molar-refractivity contribution in [3.63, 3.8) is 0 Å².